The Morgan fingerprint density at radius 3 is 2.94 bits per heavy atom. The molecule has 1 atom stereocenters. The van der Waals surface area contributed by atoms with Crippen molar-refractivity contribution in [3.8, 4) is 0 Å². The fraction of sp³-hybridized carbons (Fsp3) is 0.417. The lowest BCUT2D eigenvalue weighted by Gasteiger charge is -2.30. The molecule has 2 N–H and O–H groups in total. The molecule has 1 fully saturated rings. The number of hydrogen-bond acceptors (Lipinski definition) is 4. The average Bonchev–Trinajstić information content (AvgIpc) is 2.38. The number of likely N-dealkylation sites (tertiary alicyclic amines) is 1. The normalized spacial score (nSPS) is 19.6. The van der Waals surface area contributed by atoms with Crippen molar-refractivity contribution in [1.29, 1.82) is 0 Å². The summed E-state index contributed by atoms with van der Waals surface area (Å²) in [7, 11) is 0. The van der Waals surface area contributed by atoms with Crippen LogP contribution in [0.4, 0.5) is 5.69 Å². The summed E-state index contributed by atoms with van der Waals surface area (Å²) < 4.78 is 0. The Kier molecular flexibility index (Phi) is 3.57. The van der Waals surface area contributed by atoms with Gasteiger partial charge in [-0.25, -0.2) is 0 Å². The van der Waals surface area contributed by atoms with Crippen molar-refractivity contribution < 1.29 is 9.72 Å². The minimum atomic E-state index is -0.501. The third-order valence-electron chi connectivity index (χ3n) is 3.05. The van der Waals surface area contributed by atoms with Gasteiger partial charge < -0.3 is 10.6 Å². The van der Waals surface area contributed by atoms with Gasteiger partial charge in [-0.1, -0.05) is 6.07 Å². The van der Waals surface area contributed by atoms with Crippen molar-refractivity contribution in [3.05, 3.63) is 39.9 Å². The summed E-state index contributed by atoms with van der Waals surface area (Å²) in [6.45, 7) is 1.18. The first kappa shape index (κ1) is 12.5. The zero-order chi connectivity index (χ0) is 13.1. The van der Waals surface area contributed by atoms with Gasteiger partial charge in [0.2, 0.25) is 0 Å². The first-order valence-electron chi connectivity index (χ1n) is 5.87. The Bertz CT molecular complexity index is 475. The number of nitro benzene ring substituents is 1. The van der Waals surface area contributed by atoms with Crippen LogP contribution in [0.25, 0.3) is 0 Å². The number of amides is 1. The molecule has 6 heteroatoms. The second kappa shape index (κ2) is 5.14. The van der Waals surface area contributed by atoms with Crippen LogP contribution in [0.5, 0.6) is 0 Å². The predicted molar refractivity (Wildman–Crippen MR) is 66.2 cm³/mol. The highest BCUT2D eigenvalue weighted by Crippen LogP contribution is 2.17. The first-order chi connectivity index (χ1) is 8.58. The topological polar surface area (TPSA) is 89.5 Å². The van der Waals surface area contributed by atoms with Gasteiger partial charge in [0.1, 0.15) is 0 Å². The van der Waals surface area contributed by atoms with Crippen LogP contribution in [-0.2, 0) is 0 Å². The zero-order valence-electron chi connectivity index (χ0n) is 9.91. The average molecular weight is 249 g/mol. The van der Waals surface area contributed by atoms with E-state index < -0.39 is 4.92 Å². The molecule has 1 saturated heterocycles. The van der Waals surface area contributed by atoms with E-state index in [1.165, 1.54) is 18.2 Å². The molecule has 0 spiro atoms. The number of carbonyl (C=O) groups excluding carboxylic acids is 1. The molecule has 18 heavy (non-hydrogen) atoms. The summed E-state index contributed by atoms with van der Waals surface area (Å²) in [5, 5.41) is 10.7. The van der Waals surface area contributed by atoms with Gasteiger partial charge in [0, 0.05) is 36.8 Å². The molecule has 1 amide bonds. The molecule has 0 saturated carbocycles. The second-order valence-corrected chi connectivity index (χ2v) is 4.46. The molecule has 1 heterocycles. The molecular weight excluding hydrogens is 234 g/mol. The lowest BCUT2D eigenvalue weighted by atomic mass is 10.1. The summed E-state index contributed by atoms with van der Waals surface area (Å²) >= 11 is 0. The van der Waals surface area contributed by atoms with Crippen molar-refractivity contribution >= 4 is 11.6 Å². The second-order valence-electron chi connectivity index (χ2n) is 4.46. The smallest absolute Gasteiger partial charge is 0.270 e. The maximum Gasteiger partial charge on any atom is 0.270 e. The van der Waals surface area contributed by atoms with Crippen LogP contribution in [0.3, 0.4) is 0 Å². The van der Waals surface area contributed by atoms with Crippen molar-refractivity contribution in [2.75, 3.05) is 13.1 Å². The molecule has 2 rings (SSSR count). The van der Waals surface area contributed by atoms with Gasteiger partial charge in [0.05, 0.1) is 4.92 Å². The van der Waals surface area contributed by atoms with Crippen molar-refractivity contribution in [3.63, 3.8) is 0 Å². The zero-order valence-corrected chi connectivity index (χ0v) is 9.91. The minimum absolute atomic E-state index is 0.00129. The van der Waals surface area contributed by atoms with Crippen LogP contribution in [-0.4, -0.2) is 34.9 Å². The molecule has 1 aromatic rings. The van der Waals surface area contributed by atoms with E-state index in [9.17, 15) is 14.9 Å². The SMILES string of the molecule is NC1CCCN(C(=O)c2cccc([N+](=O)[O-])c2)C1. The first-order valence-corrected chi connectivity index (χ1v) is 5.87. The molecule has 0 radical (unpaired) electrons. The number of piperidine rings is 1. The largest absolute Gasteiger partial charge is 0.337 e. The van der Waals surface area contributed by atoms with Gasteiger partial charge in [-0.05, 0) is 18.9 Å². The molecule has 0 aliphatic carbocycles. The Hall–Kier alpha value is -1.95. The fourth-order valence-corrected chi connectivity index (χ4v) is 2.13. The number of hydrogen-bond donors (Lipinski definition) is 1. The summed E-state index contributed by atoms with van der Waals surface area (Å²) in [6.07, 6.45) is 1.79. The molecule has 1 unspecified atom stereocenters. The standard InChI is InChI=1S/C12H15N3O3/c13-10-4-2-6-14(8-10)12(16)9-3-1-5-11(7-9)15(17)18/h1,3,5,7,10H,2,4,6,8,13H2. The highest BCUT2D eigenvalue weighted by Gasteiger charge is 2.23. The fourth-order valence-electron chi connectivity index (χ4n) is 2.13. The van der Waals surface area contributed by atoms with Gasteiger partial charge in [0.25, 0.3) is 11.6 Å². The highest BCUT2D eigenvalue weighted by atomic mass is 16.6. The monoisotopic (exact) mass is 249 g/mol. The number of nitrogens with zero attached hydrogens (tertiary/aromatic N) is 2. The maximum atomic E-state index is 12.2. The van der Waals surface area contributed by atoms with Gasteiger partial charge in [-0.2, -0.15) is 0 Å². The van der Waals surface area contributed by atoms with Crippen LogP contribution in [0.15, 0.2) is 24.3 Å². The highest BCUT2D eigenvalue weighted by molar-refractivity contribution is 5.94. The van der Waals surface area contributed by atoms with Crippen molar-refractivity contribution in [2.24, 2.45) is 5.73 Å². The maximum absolute atomic E-state index is 12.2. The van der Waals surface area contributed by atoms with Crippen molar-refractivity contribution in [2.45, 2.75) is 18.9 Å². The number of nitro groups is 1. The third-order valence-corrected chi connectivity index (χ3v) is 3.05. The Morgan fingerprint density at radius 1 is 1.50 bits per heavy atom. The van der Waals surface area contributed by atoms with Crippen LogP contribution in [0.1, 0.15) is 23.2 Å². The van der Waals surface area contributed by atoms with E-state index in [-0.39, 0.29) is 17.6 Å². The quantitative estimate of drug-likeness (QED) is 0.629. The molecule has 96 valence electrons. The van der Waals surface area contributed by atoms with E-state index in [2.05, 4.69) is 0 Å². The lowest BCUT2D eigenvalue weighted by molar-refractivity contribution is -0.384. The van der Waals surface area contributed by atoms with E-state index in [4.69, 9.17) is 5.73 Å². The van der Waals surface area contributed by atoms with E-state index in [1.54, 1.807) is 11.0 Å². The molecule has 1 aliphatic rings. The number of rotatable bonds is 2. The molecule has 0 aromatic heterocycles. The van der Waals surface area contributed by atoms with E-state index >= 15 is 0 Å². The van der Waals surface area contributed by atoms with E-state index in [1.807, 2.05) is 0 Å². The van der Waals surface area contributed by atoms with Crippen LogP contribution >= 0.6 is 0 Å². The summed E-state index contributed by atoms with van der Waals surface area (Å²) in [6, 6.07) is 5.80. The Balaban J connectivity index is 2.17. The summed E-state index contributed by atoms with van der Waals surface area (Å²) in [4.78, 5) is 24.0. The van der Waals surface area contributed by atoms with Crippen LogP contribution in [0.2, 0.25) is 0 Å². The summed E-state index contributed by atoms with van der Waals surface area (Å²) in [5.41, 5.74) is 6.10. The minimum Gasteiger partial charge on any atom is -0.337 e. The summed E-state index contributed by atoms with van der Waals surface area (Å²) in [5.74, 6) is -0.186. The third kappa shape index (κ3) is 2.65. The number of nitrogens with two attached hydrogens (primary N) is 1. The molecule has 1 aliphatic heterocycles. The number of non-ortho nitro benzene ring substituents is 1. The molecule has 1 aromatic carbocycles. The lowest BCUT2D eigenvalue weighted by Crippen LogP contribution is -2.45. The Labute approximate surface area is 105 Å². The van der Waals surface area contributed by atoms with E-state index in [0.29, 0.717) is 18.7 Å². The van der Waals surface area contributed by atoms with Gasteiger partial charge >= 0.3 is 0 Å². The van der Waals surface area contributed by atoms with Gasteiger partial charge in [0.15, 0.2) is 0 Å². The molecule has 6 nitrogen and oxygen atoms in total. The van der Waals surface area contributed by atoms with Gasteiger partial charge in [-0.15, -0.1) is 0 Å². The van der Waals surface area contributed by atoms with Crippen LogP contribution < -0.4 is 5.73 Å². The molecular formula is C12H15N3O3. The Morgan fingerprint density at radius 2 is 2.28 bits per heavy atom. The van der Waals surface area contributed by atoms with Gasteiger partial charge in [-0.3, -0.25) is 14.9 Å². The number of carbonyl (C=O) groups is 1. The van der Waals surface area contributed by atoms with E-state index in [0.717, 1.165) is 12.8 Å². The van der Waals surface area contributed by atoms with Crippen LogP contribution in [0, 0.1) is 10.1 Å². The molecule has 0 bridgehead atoms. The predicted octanol–water partition coefficient (Wildman–Crippen LogP) is 1.16. The van der Waals surface area contributed by atoms with Crippen molar-refractivity contribution in [1.82, 2.24) is 4.90 Å². The number of benzene rings is 1.